The number of carboxylic acid groups (broad SMARTS) is 1. The summed E-state index contributed by atoms with van der Waals surface area (Å²) in [5.41, 5.74) is 2.17. The van der Waals surface area contributed by atoms with E-state index >= 15 is 0 Å². The number of carbonyl (C=O) groups is 3. The molecular formula is C29H31N3O5. The predicted octanol–water partition coefficient (Wildman–Crippen LogP) is 2.97. The summed E-state index contributed by atoms with van der Waals surface area (Å²) in [5, 5.41) is 18.3. The lowest BCUT2D eigenvalue weighted by Crippen LogP contribution is -2.53. The second kappa shape index (κ2) is 13.6. The smallest absolute Gasteiger partial charge is 0.325 e. The van der Waals surface area contributed by atoms with Crippen LogP contribution in [0.3, 0.4) is 0 Å². The molecule has 4 N–H and O–H groups in total. The Balaban J connectivity index is 1.88. The van der Waals surface area contributed by atoms with Crippen molar-refractivity contribution in [3.05, 3.63) is 108 Å². The summed E-state index contributed by atoms with van der Waals surface area (Å²) in [5.74, 6) is -1.45. The van der Waals surface area contributed by atoms with Gasteiger partial charge in [-0.05, 0) is 28.8 Å². The molecule has 0 saturated heterocycles. The van der Waals surface area contributed by atoms with E-state index in [2.05, 4.69) is 16.0 Å². The van der Waals surface area contributed by atoms with E-state index in [1.54, 1.807) is 36.4 Å². The predicted molar refractivity (Wildman–Crippen MR) is 142 cm³/mol. The lowest BCUT2D eigenvalue weighted by Gasteiger charge is -2.24. The first-order chi connectivity index (χ1) is 17.9. The van der Waals surface area contributed by atoms with Crippen LogP contribution in [0, 0.1) is 0 Å². The number of hydrogen-bond acceptors (Lipinski definition) is 5. The third-order valence-electron chi connectivity index (χ3n) is 5.77. The molecule has 0 radical (unpaired) electrons. The van der Waals surface area contributed by atoms with Gasteiger partial charge in [-0.15, -0.1) is 0 Å². The van der Waals surface area contributed by atoms with Crippen molar-refractivity contribution in [3.8, 4) is 5.75 Å². The lowest BCUT2D eigenvalue weighted by atomic mass is 10.0. The highest BCUT2D eigenvalue weighted by molar-refractivity contribution is 5.91. The number of amides is 2. The fourth-order valence-corrected chi connectivity index (χ4v) is 3.77. The number of rotatable bonds is 12. The molecule has 0 aromatic heterocycles. The van der Waals surface area contributed by atoms with Crippen molar-refractivity contribution >= 4 is 23.9 Å². The van der Waals surface area contributed by atoms with Gasteiger partial charge in [0, 0.05) is 13.5 Å². The first kappa shape index (κ1) is 27.2. The van der Waals surface area contributed by atoms with Gasteiger partial charge in [-0.1, -0.05) is 84.9 Å². The Morgan fingerprint density at radius 1 is 0.892 bits per heavy atom. The van der Waals surface area contributed by atoms with Crippen LogP contribution in [0.4, 0.5) is 0 Å². The van der Waals surface area contributed by atoms with Crippen LogP contribution in [-0.2, 0) is 20.8 Å². The van der Waals surface area contributed by atoms with E-state index in [1.807, 2.05) is 60.7 Å². The second-order valence-electron chi connectivity index (χ2n) is 8.32. The van der Waals surface area contributed by atoms with Gasteiger partial charge in [0.05, 0.1) is 7.11 Å². The van der Waals surface area contributed by atoms with E-state index in [9.17, 15) is 19.5 Å². The van der Waals surface area contributed by atoms with Gasteiger partial charge in [-0.2, -0.15) is 0 Å². The Hall–Kier alpha value is -4.43. The summed E-state index contributed by atoms with van der Waals surface area (Å²) in [6, 6.07) is 22.2. The number of carboxylic acids is 1. The van der Waals surface area contributed by atoms with Crippen LogP contribution in [0.15, 0.2) is 91.0 Å². The Morgan fingerprint density at radius 3 is 2.08 bits per heavy atom. The van der Waals surface area contributed by atoms with E-state index in [-0.39, 0.29) is 12.3 Å². The zero-order valence-electron chi connectivity index (χ0n) is 20.8. The summed E-state index contributed by atoms with van der Waals surface area (Å²) in [4.78, 5) is 38.2. The fraction of sp³-hybridized carbons (Fsp3) is 0.207. The molecule has 0 bridgehead atoms. The van der Waals surface area contributed by atoms with Crippen molar-refractivity contribution in [2.75, 3.05) is 14.2 Å². The van der Waals surface area contributed by atoms with E-state index in [1.165, 1.54) is 14.2 Å². The van der Waals surface area contributed by atoms with Gasteiger partial charge >= 0.3 is 5.97 Å². The molecule has 0 saturated carbocycles. The first-order valence-electron chi connectivity index (χ1n) is 11.8. The van der Waals surface area contributed by atoms with Crippen LogP contribution < -0.4 is 20.7 Å². The molecule has 3 aromatic carbocycles. The molecule has 3 rings (SSSR count). The minimum atomic E-state index is -1.19. The first-order valence-corrected chi connectivity index (χ1v) is 11.8. The molecule has 3 atom stereocenters. The van der Waals surface area contributed by atoms with Crippen molar-refractivity contribution < 1.29 is 24.2 Å². The van der Waals surface area contributed by atoms with Gasteiger partial charge in [0.1, 0.15) is 23.9 Å². The lowest BCUT2D eigenvalue weighted by molar-refractivity contribution is -0.140. The Morgan fingerprint density at radius 2 is 1.51 bits per heavy atom. The van der Waals surface area contributed by atoms with Gasteiger partial charge in [0.2, 0.25) is 11.8 Å². The van der Waals surface area contributed by atoms with E-state index in [0.29, 0.717) is 11.3 Å². The molecule has 2 unspecified atom stereocenters. The molecule has 0 aliphatic heterocycles. The van der Waals surface area contributed by atoms with Gasteiger partial charge in [-0.25, -0.2) is 0 Å². The largest absolute Gasteiger partial charge is 0.497 e. The van der Waals surface area contributed by atoms with Gasteiger partial charge in [0.15, 0.2) is 0 Å². The third-order valence-corrected chi connectivity index (χ3v) is 5.77. The quantitative estimate of drug-likeness (QED) is 0.303. The minimum absolute atomic E-state index is 0.280. The van der Waals surface area contributed by atoms with E-state index < -0.39 is 30.0 Å². The second-order valence-corrected chi connectivity index (χ2v) is 8.32. The van der Waals surface area contributed by atoms with E-state index in [0.717, 1.165) is 11.1 Å². The summed E-state index contributed by atoms with van der Waals surface area (Å²) in [6.45, 7) is 0. The fourth-order valence-electron chi connectivity index (χ4n) is 3.77. The number of nitrogens with one attached hydrogen (secondary N) is 3. The minimum Gasteiger partial charge on any atom is -0.497 e. The highest BCUT2D eigenvalue weighted by Crippen LogP contribution is 2.19. The Kier molecular flexibility index (Phi) is 9.99. The van der Waals surface area contributed by atoms with Crippen LogP contribution in [0.2, 0.25) is 0 Å². The molecule has 2 amide bonds. The number of aliphatic carboxylic acids is 1. The van der Waals surface area contributed by atoms with Crippen molar-refractivity contribution in [1.29, 1.82) is 0 Å². The molecule has 0 aliphatic rings. The Labute approximate surface area is 216 Å². The molecule has 192 valence electrons. The van der Waals surface area contributed by atoms with Gasteiger partial charge < -0.3 is 20.5 Å². The average molecular weight is 502 g/mol. The van der Waals surface area contributed by atoms with Crippen LogP contribution in [-0.4, -0.2) is 49.1 Å². The summed E-state index contributed by atoms with van der Waals surface area (Å²) >= 11 is 0. The van der Waals surface area contributed by atoms with Crippen LogP contribution in [0.25, 0.3) is 6.08 Å². The highest BCUT2D eigenvalue weighted by atomic mass is 16.5. The standard InChI is InChI=1S/C29H31N3O5/c1-30-27(33)25(19-21-11-7-4-8-12-21)32-28(34)24(18-13-20-9-5-3-6-10-20)31-26(29(35)36)22-14-16-23(37-2)17-15-22/h3-18,24-26,31H,19H2,1-2H3,(H,30,33)(H,32,34)(H,35,36)/b18-13+/t24?,25-,26?/m0/s1. The highest BCUT2D eigenvalue weighted by Gasteiger charge is 2.29. The summed E-state index contributed by atoms with van der Waals surface area (Å²) in [7, 11) is 3.02. The van der Waals surface area contributed by atoms with Crippen molar-refractivity contribution in [2.45, 2.75) is 24.5 Å². The molecule has 3 aromatic rings. The molecule has 8 heteroatoms. The maximum absolute atomic E-state index is 13.5. The van der Waals surface area contributed by atoms with Crippen molar-refractivity contribution in [1.82, 2.24) is 16.0 Å². The molecule has 0 aliphatic carbocycles. The number of carbonyl (C=O) groups excluding carboxylic acids is 2. The van der Waals surface area contributed by atoms with E-state index in [4.69, 9.17) is 4.74 Å². The third kappa shape index (κ3) is 8.05. The summed E-state index contributed by atoms with van der Waals surface area (Å²) in [6.07, 6.45) is 3.60. The van der Waals surface area contributed by atoms with Crippen molar-refractivity contribution in [2.24, 2.45) is 0 Å². The molecule has 0 fully saturated rings. The number of likely N-dealkylation sites (N-methyl/N-ethyl adjacent to an activating group) is 1. The van der Waals surface area contributed by atoms with Crippen molar-refractivity contribution in [3.63, 3.8) is 0 Å². The molecular weight excluding hydrogens is 470 g/mol. The molecule has 8 nitrogen and oxygen atoms in total. The SMILES string of the molecule is CNC(=O)[C@H](Cc1ccccc1)NC(=O)C(/C=C/c1ccccc1)NC(C(=O)O)c1ccc(OC)cc1. The normalized spacial score (nSPS) is 13.4. The zero-order chi connectivity index (χ0) is 26.6. The number of hydrogen-bond donors (Lipinski definition) is 4. The topological polar surface area (TPSA) is 117 Å². The number of methoxy groups -OCH3 is 1. The maximum atomic E-state index is 13.5. The van der Waals surface area contributed by atoms with Gasteiger partial charge in [0.25, 0.3) is 0 Å². The van der Waals surface area contributed by atoms with Crippen LogP contribution in [0.5, 0.6) is 5.75 Å². The maximum Gasteiger partial charge on any atom is 0.325 e. The molecule has 0 spiro atoms. The zero-order valence-corrected chi connectivity index (χ0v) is 20.8. The monoisotopic (exact) mass is 501 g/mol. The summed E-state index contributed by atoms with van der Waals surface area (Å²) < 4.78 is 5.16. The van der Waals surface area contributed by atoms with Gasteiger partial charge in [-0.3, -0.25) is 19.7 Å². The number of ether oxygens (including phenoxy) is 1. The molecule has 37 heavy (non-hydrogen) atoms. The molecule has 0 heterocycles. The Bertz CT molecular complexity index is 1200. The average Bonchev–Trinajstić information content (AvgIpc) is 2.93. The van der Waals surface area contributed by atoms with Crippen LogP contribution >= 0.6 is 0 Å². The van der Waals surface area contributed by atoms with Crippen LogP contribution in [0.1, 0.15) is 22.7 Å². The number of benzene rings is 3.